The van der Waals surface area contributed by atoms with Crippen LogP contribution in [0.2, 0.25) is 0 Å². The van der Waals surface area contributed by atoms with Crippen LogP contribution in [-0.4, -0.2) is 64.9 Å². The number of amides is 1. The summed E-state index contributed by atoms with van der Waals surface area (Å²) in [4.78, 5) is 45.9. The molecular weight excluding hydrogens is 781 g/mol. The first-order chi connectivity index (χ1) is 29.1. The maximum absolute atomic E-state index is 12.3. The number of carbonyl (C=O) groups excluding carboxylic acids is 2. The summed E-state index contributed by atoms with van der Waals surface area (Å²) in [7, 11) is -4.77. The molecule has 0 aromatic rings. The molecule has 1 amide bonds. The van der Waals surface area contributed by atoms with Crippen LogP contribution in [0, 0.1) is 0 Å². The van der Waals surface area contributed by atoms with E-state index in [0.717, 1.165) is 83.5 Å². The van der Waals surface area contributed by atoms with Gasteiger partial charge in [0.05, 0.1) is 13.2 Å². The maximum atomic E-state index is 12.3. The zero-order chi connectivity index (χ0) is 44.2. The van der Waals surface area contributed by atoms with Gasteiger partial charge in [0.25, 0.3) is 0 Å². The smallest absolute Gasteiger partial charge is 0.472 e. The summed E-state index contributed by atoms with van der Waals surface area (Å²) in [6.07, 6.45) is 50.7. The second-order valence-corrected chi connectivity index (χ2v) is 16.7. The van der Waals surface area contributed by atoms with E-state index in [0.29, 0.717) is 12.8 Å². The Morgan fingerprint density at radius 1 is 0.550 bits per heavy atom. The number of phosphoric acid groups is 1. The normalized spacial score (nSPS) is 14.3. The van der Waals surface area contributed by atoms with Crippen molar-refractivity contribution in [2.75, 3.05) is 19.8 Å². The number of hydrogen-bond acceptors (Lipinski definition) is 8. The number of aliphatic hydroxyl groups is 1. The predicted octanol–water partition coefficient (Wildman–Crippen LogP) is 12.1. The van der Waals surface area contributed by atoms with E-state index < -0.39 is 57.6 Å². The lowest BCUT2D eigenvalue weighted by atomic mass is 10.0. The fourth-order valence-electron chi connectivity index (χ4n) is 5.92. The molecule has 0 saturated heterocycles. The highest BCUT2D eigenvalue weighted by atomic mass is 31.2. The molecule has 0 radical (unpaired) electrons. The van der Waals surface area contributed by atoms with Crippen LogP contribution >= 0.6 is 7.82 Å². The number of rotatable bonds is 42. The summed E-state index contributed by atoms with van der Waals surface area (Å²) in [5.41, 5.74) is 0. The summed E-state index contributed by atoms with van der Waals surface area (Å²) in [5, 5.41) is 21.8. The molecule has 0 heterocycles. The molecule has 0 aliphatic carbocycles. The molecule has 0 aliphatic rings. The SMILES string of the molecule is CC/C=C\C/C=C\C/C=C\CCCCCC(=O)OCC(O)COP(=O)(O)OCC(NC(=O)CCCCCCCCCCCC/C=C\C/C=C\C/C=C\CCCCC)C(=O)O. The van der Waals surface area contributed by atoms with Crippen molar-refractivity contribution in [2.45, 2.75) is 193 Å². The average molecular weight is 864 g/mol. The molecule has 0 aliphatic heterocycles. The first-order valence-corrected chi connectivity index (χ1v) is 24.5. The third-order valence-corrected chi connectivity index (χ3v) is 10.4. The molecular formula is C48H82NO10P. The van der Waals surface area contributed by atoms with E-state index in [1.54, 1.807) is 0 Å². The Labute approximate surface area is 363 Å². The first-order valence-electron chi connectivity index (χ1n) is 23.0. The van der Waals surface area contributed by atoms with Gasteiger partial charge < -0.3 is 25.2 Å². The fraction of sp³-hybridized carbons (Fsp3) is 0.688. The number of esters is 1. The van der Waals surface area contributed by atoms with E-state index >= 15 is 0 Å². The number of unbranched alkanes of at least 4 members (excludes halogenated alkanes) is 16. The van der Waals surface area contributed by atoms with Gasteiger partial charge in [0, 0.05) is 12.8 Å². The standard InChI is InChI=1S/C48H82NO10P/c1-3-5-7-9-11-13-15-17-18-19-20-21-22-23-24-25-26-28-29-31-33-35-37-39-46(51)49-45(48(53)54)43-59-60(55,56)58-42-44(50)41-57-47(52)40-38-36-34-32-30-27-16-14-12-10-8-6-4-2/h6,8,11-14,17-18,20-21,27,30,44-45,50H,3-5,7,9-10,15-16,19,22-26,28-29,31-43H2,1-2H3,(H,49,51)(H,53,54)(H,55,56)/b8-6-,13-11-,14-12-,18-17-,21-20-,30-27-. The lowest BCUT2D eigenvalue weighted by Crippen LogP contribution is -2.43. The molecule has 0 rings (SSSR count). The van der Waals surface area contributed by atoms with Gasteiger partial charge in [-0.25, -0.2) is 9.36 Å². The summed E-state index contributed by atoms with van der Waals surface area (Å²) >= 11 is 0. The van der Waals surface area contributed by atoms with Crippen LogP contribution in [0.5, 0.6) is 0 Å². The number of carboxylic acid groups (broad SMARTS) is 1. The van der Waals surface area contributed by atoms with Crippen molar-refractivity contribution < 1.29 is 47.8 Å². The second-order valence-electron chi connectivity index (χ2n) is 15.2. The quantitative estimate of drug-likeness (QED) is 0.0201. The average Bonchev–Trinajstić information content (AvgIpc) is 3.22. The van der Waals surface area contributed by atoms with Gasteiger partial charge in [-0.1, -0.05) is 157 Å². The highest BCUT2D eigenvalue weighted by Crippen LogP contribution is 2.43. The van der Waals surface area contributed by atoms with Gasteiger partial charge >= 0.3 is 19.8 Å². The molecule has 0 aromatic carbocycles. The topological polar surface area (TPSA) is 169 Å². The van der Waals surface area contributed by atoms with Gasteiger partial charge in [-0.2, -0.15) is 0 Å². The minimum absolute atomic E-state index is 0.135. The third kappa shape index (κ3) is 41.6. The molecule has 3 unspecified atom stereocenters. The van der Waals surface area contributed by atoms with E-state index in [1.165, 1.54) is 57.8 Å². The summed E-state index contributed by atoms with van der Waals surface area (Å²) < 4.78 is 26.8. The van der Waals surface area contributed by atoms with Crippen molar-refractivity contribution in [1.82, 2.24) is 5.32 Å². The number of allylic oxidation sites excluding steroid dienone is 12. The van der Waals surface area contributed by atoms with E-state index in [1.807, 2.05) is 0 Å². The van der Waals surface area contributed by atoms with E-state index in [2.05, 4.69) is 92.1 Å². The molecule has 0 bridgehead atoms. The first kappa shape index (κ1) is 56.9. The molecule has 0 saturated carbocycles. The largest absolute Gasteiger partial charge is 0.480 e. The Bertz CT molecular complexity index is 1290. The molecule has 11 nitrogen and oxygen atoms in total. The van der Waals surface area contributed by atoms with Crippen molar-refractivity contribution in [1.29, 1.82) is 0 Å². The second kappa shape index (κ2) is 42.6. The highest BCUT2D eigenvalue weighted by Gasteiger charge is 2.28. The van der Waals surface area contributed by atoms with Crippen LogP contribution in [0.25, 0.3) is 0 Å². The van der Waals surface area contributed by atoms with Gasteiger partial charge in [0.15, 0.2) is 6.04 Å². The zero-order valence-corrected chi connectivity index (χ0v) is 38.1. The van der Waals surface area contributed by atoms with Crippen LogP contribution in [0.1, 0.15) is 181 Å². The van der Waals surface area contributed by atoms with Gasteiger partial charge in [-0.3, -0.25) is 18.6 Å². The van der Waals surface area contributed by atoms with Crippen molar-refractivity contribution in [3.05, 3.63) is 72.9 Å². The predicted molar refractivity (Wildman–Crippen MR) is 244 cm³/mol. The third-order valence-electron chi connectivity index (χ3n) is 9.48. The number of ether oxygens (including phenoxy) is 1. The summed E-state index contributed by atoms with van der Waals surface area (Å²) in [5.74, 6) is -2.42. The number of nitrogens with one attached hydrogen (secondary N) is 1. The Morgan fingerprint density at radius 2 is 0.967 bits per heavy atom. The molecule has 60 heavy (non-hydrogen) atoms. The van der Waals surface area contributed by atoms with Crippen LogP contribution < -0.4 is 5.32 Å². The molecule has 12 heteroatoms. The van der Waals surface area contributed by atoms with Crippen molar-refractivity contribution in [3.8, 4) is 0 Å². The Kier molecular flexibility index (Phi) is 40.4. The number of hydrogen-bond donors (Lipinski definition) is 4. The number of aliphatic hydroxyl groups excluding tert-OH is 1. The van der Waals surface area contributed by atoms with Gasteiger partial charge in [0.1, 0.15) is 12.7 Å². The number of aliphatic carboxylic acids is 1. The van der Waals surface area contributed by atoms with Crippen molar-refractivity contribution >= 4 is 25.7 Å². The molecule has 4 N–H and O–H groups in total. The molecule has 344 valence electrons. The maximum Gasteiger partial charge on any atom is 0.472 e. The number of carboxylic acids is 1. The summed E-state index contributed by atoms with van der Waals surface area (Å²) in [6.45, 7) is 2.41. The Morgan fingerprint density at radius 3 is 1.47 bits per heavy atom. The molecule has 3 atom stereocenters. The number of phosphoric ester groups is 1. The van der Waals surface area contributed by atoms with Gasteiger partial charge in [-0.05, 0) is 83.5 Å². The van der Waals surface area contributed by atoms with Gasteiger partial charge in [-0.15, -0.1) is 0 Å². The van der Waals surface area contributed by atoms with Crippen LogP contribution in [0.3, 0.4) is 0 Å². The lowest BCUT2D eigenvalue weighted by molar-refractivity contribution is -0.147. The van der Waals surface area contributed by atoms with E-state index in [9.17, 15) is 34.1 Å². The zero-order valence-electron chi connectivity index (χ0n) is 37.2. The Hall–Kier alpha value is -3.08. The number of carbonyl (C=O) groups is 3. The van der Waals surface area contributed by atoms with Crippen LogP contribution in [0.4, 0.5) is 0 Å². The van der Waals surface area contributed by atoms with Crippen LogP contribution in [-0.2, 0) is 32.7 Å². The fourth-order valence-corrected chi connectivity index (χ4v) is 6.70. The van der Waals surface area contributed by atoms with Gasteiger partial charge in [0.2, 0.25) is 5.91 Å². The molecule has 0 spiro atoms. The van der Waals surface area contributed by atoms with E-state index in [4.69, 9.17) is 13.8 Å². The lowest BCUT2D eigenvalue weighted by Gasteiger charge is -2.18. The molecule has 0 fully saturated rings. The minimum Gasteiger partial charge on any atom is -0.480 e. The Balaban J connectivity index is 3.91. The monoisotopic (exact) mass is 864 g/mol. The highest BCUT2D eigenvalue weighted by molar-refractivity contribution is 7.47. The van der Waals surface area contributed by atoms with E-state index in [-0.39, 0.29) is 12.8 Å². The van der Waals surface area contributed by atoms with Crippen molar-refractivity contribution in [2.24, 2.45) is 0 Å². The minimum atomic E-state index is -4.77. The van der Waals surface area contributed by atoms with Crippen molar-refractivity contribution in [3.63, 3.8) is 0 Å². The summed E-state index contributed by atoms with van der Waals surface area (Å²) in [6, 6.07) is -1.56. The molecule has 0 aromatic heterocycles. The van der Waals surface area contributed by atoms with Crippen LogP contribution in [0.15, 0.2) is 72.9 Å².